The van der Waals surface area contributed by atoms with Crippen LogP contribution in [0.25, 0.3) is 0 Å². The number of nitrogens with one attached hydrogen (secondary N) is 1. The Morgan fingerprint density at radius 2 is 1.47 bits per heavy atom. The average Bonchev–Trinajstić information content (AvgIpc) is 3.41. The summed E-state index contributed by atoms with van der Waals surface area (Å²) in [4.78, 5) is 49.9. The first-order valence-corrected chi connectivity index (χ1v) is 12.2. The van der Waals surface area contributed by atoms with Crippen LogP contribution < -0.4 is 10.2 Å². The molecule has 4 rings (SSSR count). The lowest BCUT2D eigenvalue weighted by atomic mass is 10.0. The second kappa shape index (κ2) is 11.1. The van der Waals surface area contributed by atoms with Crippen molar-refractivity contribution in [2.45, 2.75) is 38.5 Å². The first-order valence-electron chi connectivity index (χ1n) is 12.2. The number of benzene rings is 2. The van der Waals surface area contributed by atoms with Gasteiger partial charge >= 0.3 is 0 Å². The van der Waals surface area contributed by atoms with E-state index >= 15 is 0 Å². The molecule has 0 bridgehead atoms. The van der Waals surface area contributed by atoms with E-state index in [9.17, 15) is 29.8 Å². The monoisotopic (exact) mass is 495 g/mol. The molecule has 190 valence electrons. The van der Waals surface area contributed by atoms with Gasteiger partial charge in [-0.15, -0.1) is 0 Å². The topological polar surface area (TPSA) is 139 Å². The van der Waals surface area contributed by atoms with Gasteiger partial charge in [0.25, 0.3) is 17.3 Å². The summed E-state index contributed by atoms with van der Waals surface area (Å²) in [6.45, 7) is 2.79. The second-order valence-corrected chi connectivity index (χ2v) is 9.31. The van der Waals surface area contributed by atoms with Crippen molar-refractivity contribution in [2.24, 2.45) is 5.92 Å². The molecule has 1 aliphatic carbocycles. The maximum absolute atomic E-state index is 12.6. The Labute approximate surface area is 208 Å². The van der Waals surface area contributed by atoms with E-state index in [0.717, 1.165) is 43.4 Å². The van der Waals surface area contributed by atoms with Crippen molar-refractivity contribution in [3.63, 3.8) is 0 Å². The molecule has 0 aromatic heterocycles. The van der Waals surface area contributed by atoms with E-state index in [1.54, 1.807) is 12.1 Å². The number of rotatable bonds is 8. The zero-order valence-electron chi connectivity index (χ0n) is 19.9. The third kappa shape index (κ3) is 6.15. The van der Waals surface area contributed by atoms with Gasteiger partial charge in [-0.1, -0.05) is 25.7 Å². The maximum Gasteiger partial charge on any atom is 0.277 e. The van der Waals surface area contributed by atoms with Gasteiger partial charge in [0.15, 0.2) is 0 Å². The van der Waals surface area contributed by atoms with Crippen molar-refractivity contribution in [2.75, 3.05) is 36.4 Å². The predicted molar refractivity (Wildman–Crippen MR) is 134 cm³/mol. The number of nitro groups is 2. The fourth-order valence-corrected chi connectivity index (χ4v) is 4.89. The Morgan fingerprint density at radius 1 is 0.889 bits per heavy atom. The molecule has 2 aromatic carbocycles. The Balaban J connectivity index is 1.31. The van der Waals surface area contributed by atoms with Crippen LogP contribution in [0.2, 0.25) is 0 Å². The number of hydrogen-bond acceptors (Lipinski definition) is 7. The van der Waals surface area contributed by atoms with Crippen molar-refractivity contribution in [1.82, 2.24) is 4.90 Å². The summed E-state index contributed by atoms with van der Waals surface area (Å²) in [5.74, 6) is 0.265. The van der Waals surface area contributed by atoms with Gasteiger partial charge in [-0.05, 0) is 36.6 Å². The number of carbonyl (C=O) groups excluding carboxylic acids is 2. The molecule has 1 heterocycles. The van der Waals surface area contributed by atoms with Crippen molar-refractivity contribution < 1.29 is 19.4 Å². The van der Waals surface area contributed by atoms with E-state index in [4.69, 9.17) is 0 Å². The zero-order valence-corrected chi connectivity index (χ0v) is 19.9. The molecule has 36 heavy (non-hydrogen) atoms. The predicted octanol–water partition coefficient (Wildman–Crippen LogP) is 4.37. The summed E-state index contributed by atoms with van der Waals surface area (Å²) < 4.78 is 0. The highest BCUT2D eigenvalue weighted by atomic mass is 16.6. The highest BCUT2D eigenvalue weighted by molar-refractivity contribution is 6.05. The van der Waals surface area contributed by atoms with Gasteiger partial charge in [-0.2, -0.15) is 0 Å². The average molecular weight is 496 g/mol. The van der Waals surface area contributed by atoms with E-state index in [1.165, 1.54) is 25.7 Å². The number of amides is 2. The van der Waals surface area contributed by atoms with Crippen LogP contribution >= 0.6 is 0 Å². The number of non-ortho nitro benzene ring substituents is 2. The third-order valence-corrected chi connectivity index (χ3v) is 6.95. The molecule has 0 atom stereocenters. The molecule has 0 unspecified atom stereocenters. The molecular formula is C25H29N5O6. The molecule has 1 aliphatic heterocycles. The van der Waals surface area contributed by atoms with Crippen LogP contribution in [0.3, 0.4) is 0 Å². The van der Waals surface area contributed by atoms with E-state index in [2.05, 4.69) is 10.2 Å². The molecule has 1 saturated carbocycles. The van der Waals surface area contributed by atoms with Crippen LogP contribution in [0.1, 0.15) is 48.9 Å². The van der Waals surface area contributed by atoms with Gasteiger partial charge in [0.1, 0.15) is 0 Å². The molecule has 11 nitrogen and oxygen atoms in total. The lowest BCUT2D eigenvalue weighted by Crippen LogP contribution is -2.48. The molecular weight excluding hydrogens is 466 g/mol. The number of carbonyl (C=O) groups is 2. The SMILES string of the molecule is O=C(Nc1ccc(N2CCN(C(=O)CCC3CCCC3)CC2)cc1)c1cc([N+](=O)[O-])cc([N+](=O)[O-])c1. The summed E-state index contributed by atoms with van der Waals surface area (Å²) in [6, 6.07) is 9.94. The minimum atomic E-state index is -0.776. The standard InChI is InChI=1S/C25H29N5O6/c31-24(10-5-18-3-1-2-4-18)28-13-11-27(12-14-28)21-8-6-20(7-9-21)26-25(32)19-15-22(29(33)34)17-23(16-19)30(35)36/h6-9,15-18H,1-5,10-14H2,(H,26,32). The van der Waals surface area contributed by atoms with E-state index in [-0.39, 0.29) is 11.5 Å². The van der Waals surface area contributed by atoms with Gasteiger partial charge in [-0.25, -0.2) is 0 Å². The first kappa shape index (κ1) is 25.1. The number of nitrogens with zero attached hydrogens (tertiary/aromatic N) is 4. The molecule has 1 N–H and O–H groups in total. The van der Waals surface area contributed by atoms with Gasteiger partial charge in [0.2, 0.25) is 5.91 Å². The van der Waals surface area contributed by atoms with Crippen molar-refractivity contribution >= 4 is 34.6 Å². The van der Waals surface area contributed by atoms with Crippen molar-refractivity contribution in [3.8, 4) is 0 Å². The van der Waals surface area contributed by atoms with Gasteiger partial charge in [0, 0.05) is 56.1 Å². The number of hydrogen-bond donors (Lipinski definition) is 1. The highest BCUT2D eigenvalue weighted by Gasteiger charge is 2.24. The van der Waals surface area contributed by atoms with E-state index in [1.807, 2.05) is 17.0 Å². The van der Waals surface area contributed by atoms with E-state index < -0.39 is 27.1 Å². The van der Waals surface area contributed by atoms with Gasteiger partial charge in [0.05, 0.1) is 21.5 Å². The Kier molecular flexibility index (Phi) is 7.77. The van der Waals surface area contributed by atoms with E-state index in [0.29, 0.717) is 31.1 Å². The molecule has 11 heteroatoms. The Bertz CT molecular complexity index is 1110. The fourth-order valence-electron chi connectivity index (χ4n) is 4.89. The molecule has 2 amide bonds. The minimum absolute atomic E-state index is 0.173. The van der Waals surface area contributed by atoms with Gasteiger partial charge in [-0.3, -0.25) is 29.8 Å². The minimum Gasteiger partial charge on any atom is -0.368 e. The maximum atomic E-state index is 12.6. The Hall–Kier alpha value is -4.02. The quantitative estimate of drug-likeness (QED) is 0.424. The summed E-state index contributed by atoms with van der Waals surface area (Å²) in [5, 5.41) is 24.8. The summed E-state index contributed by atoms with van der Waals surface area (Å²) in [6.07, 6.45) is 6.71. The van der Waals surface area contributed by atoms with Crippen LogP contribution in [0.5, 0.6) is 0 Å². The second-order valence-electron chi connectivity index (χ2n) is 9.31. The van der Waals surface area contributed by atoms with Crippen LogP contribution in [0.4, 0.5) is 22.7 Å². The number of piperazine rings is 1. The fraction of sp³-hybridized carbons (Fsp3) is 0.440. The number of anilines is 2. The summed E-state index contributed by atoms with van der Waals surface area (Å²) in [7, 11) is 0. The summed E-state index contributed by atoms with van der Waals surface area (Å²) in [5.41, 5.74) is 0.186. The van der Waals surface area contributed by atoms with Gasteiger partial charge < -0.3 is 15.1 Å². The first-order chi connectivity index (χ1) is 17.3. The molecule has 1 saturated heterocycles. The normalized spacial score (nSPS) is 16.1. The van der Waals surface area contributed by atoms with Crippen molar-refractivity contribution in [3.05, 3.63) is 68.3 Å². The van der Waals surface area contributed by atoms with Crippen molar-refractivity contribution in [1.29, 1.82) is 0 Å². The summed E-state index contributed by atoms with van der Waals surface area (Å²) >= 11 is 0. The smallest absolute Gasteiger partial charge is 0.277 e. The third-order valence-electron chi connectivity index (χ3n) is 6.95. The largest absolute Gasteiger partial charge is 0.368 e. The molecule has 0 radical (unpaired) electrons. The molecule has 2 fully saturated rings. The van der Waals surface area contributed by atoms with Crippen LogP contribution in [0.15, 0.2) is 42.5 Å². The number of nitro benzene ring substituents is 2. The zero-order chi connectivity index (χ0) is 25.7. The van der Waals surface area contributed by atoms with Crippen LogP contribution in [-0.4, -0.2) is 52.7 Å². The van der Waals surface area contributed by atoms with Crippen LogP contribution in [-0.2, 0) is 4.79 Å². The lowest BCUT2D eigenvalue weighted by Gasteiger charge is -2.36. The van der Waals surface area contributed by atoms with Crippen LogP contribution in [0, 0.1) is 26.1 Å². The highest BCUT2D eigenvalue weighted by Crippen LogP contribution is 2.29. The Morgan fingerprint density at radius 3 is 2.03 bits per heavy atom. The molecule has 2 aliphatic rings. The molecule has 2 aromatic rings. The lowest BCUT2D eigenvalue weighted by molar-refractivity contribution is -0.394. The molecule has 0 spiro atoms.